The van der Waals surface area contributed by atoms with E-state index in [-0.39, 0.29) is 24.3 Å². The van der Waals surface area contributed by atoms with Crippen LogP contribution in [0.3, 0.4) is 0 Å². The molecule has 2 aliphatic carbocycles. The highest BCUT2D eigenvalue weighted by Gasteiger charge is 2.48. The van der Waals surface area contributed by atoms with Gasteiger partial charge < -0.3 is 15.4 Å². The van der Waals surface area contributed by atoms with Gasteiger partial charge in [-0.1, -0.05) is 11.6 Å². The van der Waals surface area contributed by atoms with Crippen LogP contribution in [-0.2, 0) is 9.59 Å². The molecule has 1 aromatic carbocycles. The molecule has 0 spiro atoms. The van der Waals surface area contributed by atoms with Gasteiger partial charge in [-0.3, -0.25) is 9.59 Å². The SMILES string of the molecule is O=C1COc2cc(NC(=O)C3CC4CC4C3)c(Cl)cc2N1. The number of carbonyl (C=O) groups excluding carboxylic acids is 2. The van der Waals surface area contributed by atoms with Gasteiger partial charge in [-0.05, 0) is 37.2 Å². The lowest BCUT2D eigenvalue weighted by atomic mass is 10.0. The van der Waals surface area contributed by atoms with Gasteiger partial charge in [0.2, 0.25) is 5.91 Å². The molecule has 0 bridgehead atoms. The van der Waals surface area contributed by atoms with Gasteiger partial charge in [0.25, 0.3) is 5.91 Å². The number of rotatable bonds is 2. The number of hydrogen-bond donors (Lipinski definition) is 2. The van der Waals surface area contributed by atoms with E-state index in [1.165, 1.54) is 6.42 Å². The zero-order valence-electron chi connectivity index (χ0n) is 11.3. The van der Waals surface area contributed by atoms with Crippen molar-refractivity contribution in [3.05, 3.63) is 17.2 Å². The van der Waals surface area contributed by atoms with Crippen molar-refractivity contribution >= 4 is 34.8 Å². The summed E-state index contributed by atoms with van der Waals surface area (Å²) in [7, 11) is 0. The number of carbonyl (C=O) groups is 2. The molecule has 1 aliphatic heterocycles. The second-order valence-electron chi connectivity index (χ2n) is 6.08. The Hall–Kier alpha value is -1.75. The van der Waals surface area contributed by atoms with Crippen LogP contribution in [0.15, 0.2) is 12.1 Å². The molecule has 2 unspecified atom stereocenters. The summed E-state index contributed by atoms with van der Waals surface area (Å²) in [6, 6.07) is 3.28. The Bertz CT molecular complexity index is 636. The Labute approximate surface area is 127 Å². The average Bonchev–Trinajstić information content (AvgIpc) is 3.06. The molecule has 2 fully saturated rings. The molecule has 2 N–H and O–H groups in total. The van der Waals surface area contributed by atoms with Crippen LogP contribution in [0, 0.1) is 17.8 Å². The first-order chi connectivity index (χ1) is 10.1. The minimum Gasteiger partial charge on any atom is -0.482 e. The fraction of sp³-hybridized carbons (Fsp3) is 0.467. The third kappa shape index (κ3) is 2.35. The van der Waals surface area contributed by atoms with Gasteiger partial charge in [0, 0.05) is 12.0 Å². The summed E-state index contributed by atoms with van der Waals surface area (Å²) in [6.45, 7) is -0.0198. The topological polar surface area (TPSA) is 67.4 Å². The summed E-state index contributed by atoms with van der Waals surface area (Å²) in [6.07, 6.45) is 3.27. The van der Waals surface area contributed by atoms with Crippen LogP contribution in [-0.4, -0.2) is 18.4 Å². The lowest BCUT2D eigenvalue weighted by molar-refractivity contribution is -0.120. The molecule has 5 nitrogen and oxygen atoms in total. The standard InChI is InChI=1S/C15H15ClN2O3/c16-10-4-12-13(21-6-14(19)17-12)5-11(10)18-15(20)9-2-7-1-8(7)3-9/h4-5,7-9H,1-3,6H2,(H,17,19)(H,18,20). The molecule has 6 heteroatoms. The van der Waals surface area contributed by atoms with Crippen molar-refractivity contribution in [3.63, 3.8) is 0 Å². The maximum atomic E-state index is 12.3. The monoisotopic (exact) mass is 306 g/mol. The highest BCUT2D eigenvalue weighted by atomic mass is 35.5. The summed E-state index contributed by atoms with van der Waals surface area (Å²) < 4.78 is 5.34. The zero-order chi connectivity index (χ0) is 14.6. The molecule has 2 amide bonds. The predicted octanol–water partition coefficient (Wildman–Crippen LogP) is 2.66. The van der Waals surface area contributed by atoms with Crippen molar-refractivity contribution in [2.75, 3.05) is 17.2 Å². The maximum Gasteiger partial charge on any atom is 0.262 e. The number of ether oxygens (including phenoxy) is 1. The molecule has 1 aromatic rings. The average molecular weight is 307 g/mol. The van der Waals surface area contributed by atoms with Crippen LogP contribution in [0.25, 0.3) is 0 Å². The number of anilines is 2. The second kappa shape index (κ2) is 4.63. The van der Waals surface area contributed by atoms with Crippen molar-refractivity contribution in [2.45, 2.75) is 19.3 Å². The number of fused-ring (bicyclic) bond motifs is 2. The number of hydrogen-bond acceptors (Lipinski definition) is 3. The molecule has 3 aliphatic rings. The summed E-state index contributed by atoms with van der Waals surface area (Å²) in [4.78, 5) is 23.5. The van der Waals surface area contributed by atoms with Crippen molar-refractivity contribution in [2.24, 2.45) is 17.8 Å². The highest BCUT2D eigenvalue weighted by Crippen LogP contribution is 2.54. The van der Waals surface area contributed by atoms with E-state index in [0.29, 0.717) is 22.1 Å². The smallest absolute Gasteiger partial charge is 0.262 e. The normalized spacial score (nSPS) is 29.0. The van der Waals surface area contributed by atoms with Crippen LogP contribution < -0.4 is 15.4 Å². The van der Waals surface area contributed by atoms with E-state index in [4.69, 9.17) is 16.3 Å². The van der Waals surface area contributed by atoms with E-state index in [0.717, 1.165) is 24.7 Å². The minimum atomic E-state index is -0.208. The minimum absolute atomic E-state index is 0.0198. The number of halogens is 1. The number of nitrogens with one attached hydrogen (secondary N) is 2. The summed E-state index contributed by atoms with van der Waals surface area (Å²) >= 11 is 6.18. The first-order valence-corrected chi connectivity index (χ1v) is 7.55. The van der Waals surface area contributed by atoms with Crippen molar-refractivity contribution in [1.29, 1.82) is 0 Å². The van der Waals surface area contributed by atoms with E-state index < -0.39 is 0 Å². The van der Waals surface area contributed by atoms with Crippen LogP contribution in [0.1, 0.15) is 19.3 Å². The highest BCUT2D eigenvalue weighted by molar-refractivity contribution is 6.34. The van der Waals surface area contributed by atoms with E-state index in [1.54, 1.807) is 12.1 Å². The molecule has 1 heterocycles. The molecule has 0 saturated heterocycles. The number of amides is 2. The van der Waals surface area contributed by atoms with Gasteiger partial charge in [0.05, 0.1) is 16.4 Å². The lowest BCUT2D eigenvalue weighted by Crippen LogP contribution is -2.26. The first kappa shape index (κ1) is 13.0. The van der Waals surface area contributed by atoms with Gasteiger partial charge in [0.15, 0.2) is 6.61 Å². The Kier molecular flexibility index (Phi) is 2.85. The second-order valence-corrected chi connectivity index (χ2v) is 6.49. The van der Waals surface area contributed by atoms with Gasteiger partial charge in [-0.15, -0.1) is 0 Å². The molecule has 4 rings (SSSR count). The van der Waals surface area contributed by atoms with Crippen LogP contribution in [0.4, 0.5) is 11.4 Å². The Morgan fingerprint density at radius 3 is 2.81 bits per heavy atom. The van der Waals surface area contributed by atoms with E-state index in [2.05, 4.69) is 10.6 Å². The van der Waals surface area contributed by atoms with Crippen LogP contribution in [0.5, 0.6) is 5.75 Å². The fourth-order valence-corrected chi connectivity index (χ4v) is 3.57. The molecule has 2 atom stereocenters. The summed E-state index contributed by atoms with van der Waals surface area (Å²) in [5.74, 6) is 1.98. The largest absolute Gasteiger partial charge is 0.482 e. The van der Waals surface area contributed by atoms with E-state index >= 15 is 0 Å². The fourth-order valence-electron chi connectivity index (χ4n) is 3.36. The van der Waals surface area contributed by atoms with Crippen molar-refractivity contribution in [3.8, 4) is 5.75 Å². The van der Waals surface area contributed by atoms with E-state index in [1.807, 2.05) is 0 Å². The lowest BCUT2D eigenvalue weighted by Gasteiger charge is -2.20. The quantitative estimate of drug-likeness (QED) is 0.882. The van der Waals surface area contributed by atoms with E-state index in [9.17, 15) is 9.59 Å². The van der Waals surface area contributed by atoms with Gasteiger partial charge in [-0.2, -0.15) is 0 Å². The molecule has 21 heavy (non-hydrogen) atoms. The third-order valence-corrected chi connectivity index (χ3v) is 4.89. The Morgan fingerprint density at radius 2 is 2.05 bits per heavy atom. The number of benzene rings is 1. The Morgan fingerprint density at radius 1 is 1.29 bits per heavy atom. The maximum absolute atomic E-state index is 12.3. The summed E-state index contributed by atoms with van der Waals surface area (Å²) in [5, 5.41) is 5.98. The molecular weight excluding hydrogens is 292 g/mol. The summed E-state index contributed by atoms with van der Waals surface area (Å²) in [5.41, 5.74) is 1.08. The third-order valence-electron chi connectivity index (χ3n) is 4.57. The molecule has 2 saturated carbocycles. The van der Waals surface area contributed by atoms with Gasteiger partial charge in [0.1, 0.15) is 5.75 Å². The van der Waals surface area contributed by atoms with Crippen LogP contribution in [0.2, 0.25) is 5.02 Å². The van der Waals surface area contributed by atoms with Gasteiger partial charge >= 0.3 is 0 Å². The molecule has 0 radical (unpaired) electrons. The molecular formula is C15H15ClN2O3. The Balaban J connectivity index is 1.52. The van der Waals surface area contributed by atoms with Crippen molar-refractivity contribution in [1.82, 2.24) is 0 Å². The first-order valence-electron chi connectivity index (χ1n) is 7.17. The van der Waals surface area contributed by atoms with Crippen LogP contribution >= 0.6 is 11.6 Å². The molecule has 110 valence electrons. The van der Waals surface area contributed by atoms with Crippen molar-refractivity contribution < 1.29 is 14.3 Å². The zero-order valence-corrected chi connectivity index (χ0v) is 12.1. The van der Waals surface area contributed by atoms with Gasteiger partial charge in [-0.25, -0.2) is 0 Å². The molecule has 0 aromatic heterocycles. The predicted molar refractivity (Wildman–Crippen MR) is 78.5 cm³/mol.